The monoisotopic (exact) mass is 279 g/mol. The first kappa shape index (κ1) is 17.4. The minimum atomic E-state index is -3.75. The summed E-state index contributed by atoms with van der Waals surface area (Å²) in [5.41, 5.74) is 0. The zero-order valence-corrected chi connectivity index (χ0v) is 12.6. The molecule has 0 fully saturated rings. The number of hydrogen-bond acceptors (Lipinski definition) is 5. The van der Waals surface area contributed by atoms with Gasteiger partial charge in [-0.2, -0.15) is 8.42 Å². The average Bonchev–Trinajstić information content (AvgIpc) is 2.25. The number of rotatable bonds is 9. The van der Waals surface area contributed by atoms with Gasteiger partial charge >= 0.3 is 16.1 Å². The Labute approximate surface area is 111 Å². The van der Waals surface area contributed by atoms with Crippen LogP contribution >= 0.6 is 0 Å². The Hall–Kier alpha value is -0.620. The van der Waals surface area contributed by atoms with Gasteiger partial charge in [-0.25, -0.2) is 0 Å². The van der Waals surface area contributed by atoms with Crippen molar-refractivity contribution in [3.05, 3.63) is 0 Å². The topological polar surface area (TPSA) is 63.7 Å². The minimum Gasteiger partial charge on any atom is -0.345 e. The maximum atomic E-state index is 11.8. The van der Waals surface area contributed by atoms with Crippen LogP contribution in [0.25, 0.3) is 0 Å². The molecule has 0 aromatic heterocycles. The molecule has 0 unspecified atom stereocenters. The number of nitrogens with zero attached hydrogens (tertiary/aromatic N) is 1. The van der Waals surface area contributed by atoms with Crippen molar-refractivity contribution in [1.82, 2.24) is 4.90 Å². The Morgan fingerprint density at radius 2 is 1.67 bits per heavy atom. The van der Waals surface area contributed by atoms with Crippen LogP contribution in [0.15, 0.2) is 0 Å². The van der Waals surface area contributed by atoms with Gasteiger partial charge in [0.2, 0.25) is 0 Å². The molecule has 108 valence electrons. The highest BCUT2D eigenvalue weighted by molar-refractivity contribution is 7.87. The maximum absolute atomic E-state index is 11.8. The summed E-state index contributed by atoms with van der Waals surface area (Å²) in [4.78, 5) is 13.5. The van der Waals surface area contributed by atoms with E-state index in [0.29, 0.717) is 19.4 Å². The molecule has 0 spiro atoms. The fraction of sp³-hybridized carbons (Fsp3) is 0.917. The van der Waals surface area contributed by atoms with Gasteiger partial charge in [0.15, 0.2) is 0 Å². The Morgan fingerprint density at radius 1 is 1.17 bits per heavy atom. The van der Waals surface area contributed by atoms with Crippen molar-refractivity contribution < 1.29 is 17.4 Å². The van der Waals surface area contributed by atoms with Crippen molar-refractivity contribution in [2.75, 3.05) is 26.4 Å². The molecule has 0 bridgehead atoms. The second-order valence-electron chi connectivity index (χ2n) is 4.74. The maximum Gasteiger partial charge on any atom is 0.325 e. The van der Waals surface area contributed by atoms with E-state index in [1.165, 1.54) is 0 Å². The molecule has 6 heteroatoms. The van der Waals surface area contributed by atoms with Crippen molar-refractivity contribution >= 4 is 16.1 Å². The van der Waals surface area contributed by atoms with Gasteiger partial charge < -0.3 is 9.08 Å². The molecule has 0 aliphatic heterocycles. The molecule has 5 nitrogen and oxygen atoms in total. The van der Waals surface area contributed by atoms with Gasteiger partial charge in [0.25, 0.3) is 0 Å². The van der Waals surface area contributed by atoms with E-state index in [2.05, 4.69) is 4.18 Å². The Morgan fingerprint density at radius 3 is 2.06 bits per heavy atom. The fourth-order valence-corrected chi connectivity index (χ4v) is 2.66. The highest BCUT2D eigenvalue weighted by Crippen LogP contribution is 2.16. The smallest absolute Gasteiger partial charge is 0.325 e. The molecule has 0 aromatic carbocycles. The van der Waals surface area contributed by atoms with Gasteiger partial charge in [-0.1, -0.05) is 26.7 Å². The van der Waals surface area contributed by atoms with Crippen molar-refractivity contribution in [2.45, 2.75) is 39.5 Å². The summed E-state index contributed by atoms with van der Waals surface area (Å²) in [6, 6.07) is 0. The van der Waals surface area contributed by atoms with E-state index in [1.807, 2.05) is 13.8 Å². The molecule has 0 rings (SSSR count). The summed E-state index contributed by atoms with van der Waals surface area (Å²) in [7, 11) is -0.204. The average molecular weight is 279 g/mol. The van der Waals surface area contributed by atoms with E-state index in [1.54, 1.807) is 19.0 Å². The van der Waals surface area contributed by atoms with E-state index in [9.17, 15) is 13.2 Å². The highest BCUT2D eigenvalue weighted by atomic mass is 32.2. The SMILES string of the molecule is CCCC(CCC)C(=O)OS(=O)(=O)CCN(C)C. The highest BCUT2D eigenvalue weighted by Gasteiger charge is 2.24. The molecular weight excluding hydrogens is 254 g/mol. The lowest BCUT2D eigenvalue weighted by Crippen LogP contribution is -2.27. The molecule has 0 saturated heterocycles. The van der Waals surface area contributed by atoms with Crippen molar-refractivity contribution in [3.8, 4) is 0 Å². The lowest BCUT2D eigenvalue weighted by atomic mass is 9.99. The molecule has 0 aliphatic rings. The Bertz CT molecular complexity index is 332. The van der Waals surface area contributed by atoms with E-state index < -0.39 is 16.1 Å². The summed E-state index contributed by atoms with van der Waals surface area (Å²) in [5.74, 6) is -1.05. The fourth-order valence-electron chi connectivity index (χ4n) is 1.61. The van der Waals surface area contributed by atoms with Crippen LogP contribution in [-0.4, -0.2) is 45.7 Å². The molecule has 0 aliphatic carbocycles. The predicted octanol–water partition coefficient (Wildman–Crippen LogP) is 1.64. The van der Waals surface area contributed by atoms with E-state index >= 15 is 0 Å². The Balaban J connectivity index is 4.41. The molecule has 0 radical (unpaired) electrons. The van der Waals surface area contributed by atoms with E-state index in [0.717, 1.165) is 12.8 Å². The molecular formula is C12H25NO4S. The van der Waals surface area contributed by atoms with Crippen LogP contribution in [0.5, 0.6) is 0 Å². The van der Waals surface area contributed by atoms with Gasteiger partial charge in [-0.3, -0.25) is 4.79 Å². The summed E-state index contributed by atoms with van der Waals surface area (Å²) < 4.78 is 27.8. The zero-order valence-electron chi connectivity index (χ0n) is 11.8. The van der Waals surface area contributed by atoms with Crippen LogP contribution in [0.2, 0.25) is 0 Å². The lowest BCUT2D eigenvalue weighted by Gasteiger charge is -2.15. The summed E-state index contributed by atoms with van der Waals surface area (Å²) >= 11 is 0. The van der Waals surface area contributed by atoms with Crippen LogP contribution in [0, 0.1) is 5.92 Å². The Kier molecular flexibility index (Phi) is 8.18. The normalized spacial score (nSPS) is 12.1. The number of hydrogen-bond donors (Lipinski definition) is 0. The minimum absolute atomic E-state index is 0.156. The van der Waals surface area contributed by atoms with E-state index in [-0.39, 0.29) is 11.7 Å². The first-order chi connectivity index (χ1) is 8.32. The zero-order chi connectivity index (χ0) is 14.2. The van der Waals surface area contributed by atoms with Gasteiger partial charge in [-0.15, -0.1) is 0 Å². The molecule has 0 amide bonds. The third-order valence-electron chi connectivity index (χ3n) is 2.61. The van der Waals surface area contributed by atoms with Gasteiger partial charge in [0.1, 0.15) is 0 Å². The standard InChI is InChI=1S/C12H25NO4S/c1-5-7-11(8-6-2)12(14)17-18(15,16)10-9-13(3)4/h11H,5-10H2,1-4H3. The van der Waals surface area contributed by atoms with Crippen LogP contribution in [0.4, 0.5) is 0 Å². The lowest BCUT2D eigenvalue weighted by molar-refractivity contribution is -0.138. The first-order valence-electron chi connectivity index (χ1n) is 6.43. The summed E-state index contributed by atoms with van der Waals surface area (Å²) in [6.45, 7) is 4.29. The predicted molar refractivity (Wildman–Crippen MR) is 71.7 cm³/mol. The molecule has 0 heterocycles. The quantitative estimate of drug-likeness (QED) is 0.600. The summed E-state index contributed by atoms with van der Waals surface area (Å²) in [6.07, 6.45) is 3.04. The molecule has 0 atom stereocenters. The van der Waals surface area contributed by atoms with Crippen LogP contribution in [0.3, 0.4) is 0 Å². The molecule has 0 saturated carbocycles. The summed E-state index contributed by atoms with van der Waals surface area (Å²) in [5, 5.41) is 0. The second kappa shape index (κ2) is 8.48. The van der Waals surface area contributed by atoms with Crippen LogP contribution in [0.1, 0.15) is 39.5 Å². The van der Waals surface area contributed by atoms with Crippen LogP contribution < -0.4 is 0 Å². The number of carbonyl (C=O) groups excluding carboxylic acids is 1. The van der Waals surface area contributed by atoms with Crippen molar-refractivity contribution in [3.63, 3.8) is 0 Å². The molecule has 0 N–H and O–H groups in total. The van der Waals surface area contributed by atoms with Crippen LogP contribution in [-0.2, 0) is 19.1 Å². The number of carbonyl (C=O) groups is 1. The largest absolute Gasteiger partial charge is 0.345 e. The molecule has 18 heavy (non-hydrogen) atoms. The van der Waals surface area contributed by atoms with E-state index in [4.69, 9.17) is 0 Å². The van der Waals surface area contributed by atoms with Crippen molar-refractivity contribution in [1.29, 1.82) is 0 Å². The third kappa shape index (κ3) is 7.66. The second-order valence-corrected chi connectivity index (χ2v) is 6.43. The molecule has 0 aromatic rings. The van der Waals surface area contributed by atoms with Gasteiger partial charge in [-0.05, 0) is 26.9 Å². The third-order valence-corrected chi connectivity index (χ3v) is 3.71. The van der Waals surface area contributed by atoms with Gasteiger partial charge in [0.05, 0.1) is 11.7 Å². The van der Waals surface area contributed by atoms with Gasteiger partial charge in [0, 0.05) is 6.54 Å². The van der Waals surface area contributed by atoms with Crippen molar-refractivity contribution in [2.24, 2.45) is 5.92 Å². The first-order valence-corrected chi connectivity index (χ1v) is 8.00.